The SMILES string of the molecule is CCc1sc(C(=O)Nc2ccc(F)cc2F)cc1C. The third-order valence-electron chi connectivity index (χ3n) is 2.74. The Hall–Kier alpha value is -1.75. The summed E-state index contributed by atoms with van der Waals surface area (Å²) in [6, 6.07) is 4.84. The molecular weight excluding hydrogens is 268 g/mol. The van der Waals surface area contributed by atoms with Crippen molar-refractivity contribution in [1.29, 1.82) is 0 Å². The molecule has 2 aromatic rings. The number of benzene rings is 1. The fourth-order valence-electron chi connectivity index (χ4n) is 1.76. The van der Waals surface area contributed by atoms with Gasteiger partial charge >= 0.3 is 0 Å². The summed E-state index contributed by atoms with van der Waals surface area (Å²) in [5, 5.41) is 2.45. The summed E-state index contributed by atoms with van der Waals surface area (Å²) in [6.07, 6.45) is 0.856. The maximum absolute atomic E-state index is 13.4. The Morgan fingerprint density at radius 3 is 2.63 bits per heavy atom. The number of carbonyl (C=O) groups is 1. The van der Waals surface area contributed by atoms with Crippen molar-refractivity contribution in [1.82, 2.24) is 0 Å². The molecule has 0 atom stereocenters. The lowest BCUT2D eigenvalue weighted by Gasteiger charge is -2.04. The molecule has 0 spiro atoms. The van der Waals surface area contributed by atoms with Crippen molar-refractivity contribution in [3.8, 4) is 0 Å². The Morgan fingerprint density at radius 1 is 1.32 bits per heavy atom. The Bertz CT molecular complexity index is 622. The van der Waals surface area contributed by atoms with Crippen molar-refractivity contribution < 1.29 is 13.6 Å². The van der Waals surface area contributed by atoms with Crippen LogP contribution >= 0.6 is 11.3 Å². The number of hydrogen-bond donors (Lipinski definition) is 1. The van der Waals surface area contributed by atoms with Crippen LogP contribution in [0.2, 0.25) is 0 Å². The second-order valence-electron chi connectivity index (χ2n) is 4.15. The molecule has 0 unspecified atom stereocenters. The quantitative estimate of drug-likeness (QED) is 0.899. The zero-order valence-electron chi connectivity index (χ0n) is 10.6. The first-order chi connectivity index (χ1) is 9.01. The number of hydrogen-bond acceptors (Lipinski definition) is 2. The molecule has 2 rings (SSSR count). The maximum Gasteiger partial charge on any atom is 0.265 e. The smallest absolute Gasteiger partial charge is 0.265 e. The molecule has 1 N–H and O–H groups in total. The zero-order valence-corrected chi connectivity index (χ0v) is 11.4. The predicted molar refractivity (Wildman–Crippen MR) is 72.7 cm³/mol. The van der Waals surface area contributed by atoms with Gasteiger partial charge < -0.3 is 5.32 Å². The van der Waals surface area contributed by atoms with Crippen LogP contribution in [0.4, 0.5) is 14.5 Å². The molecule has 2 nitrogen and oxygen atoms in total. The van der Waals surface area contributed by atoms with E-state index >= 15 is 0 Å². The number of thiophene rings is 1. The number of halogens is 2. The average Bonchev–Trinajstić information content (AvgIpc) is 2.74. The third-order valence-corrected chi connectivity index (χ3v) is 4.13. The molecule has 1 aromatic heterocycles. The third kappa shape index (κ3) is 2.98. The van der Waals surface area contributed by atoms with Gasteiger partial charge in [0.05, 0.1) is 10.6 Å². The summed E-state index contributed by atoms with van der Waals surface area (Å²) in [5.41, 5.74) is 1.03. The largest absolute Gasteiger partial charge is 0.319 e. The van der Waals surface area contributed by atoms with Crippen LogP contribution in [0.1, 0.15) is 27.0 Å². The maximum atomic E-state index is 13.4. The molecule has 0 saturated heterocycles. The van der Waals surface area contributed by atoms with Gasteiger partial charge in [-0.15, -0.1) is 11.3 Å². The van der Waals surface area contributed by atoms with E-state index in [0.29, 0.717) is 4.88 Å². The van der Waals surface area contributed by atoms with Crippen LogP contribution in [0.3, 0.4) is 0 Å². The molecule has 0 radical (unpaired) electrons. The highest BCUT2D eigenvalue weighted by atomic mass is 32.1. The lowest BCUT2D eigenvalue weighted by atomic mass is 10.2. The summed E-state index contributed by atoms with van der Waals surface area (Å²) in [4.78, 5) is 13.6. The van der Waals surface area contributed by atoms with Gasteiger partial charge in [0.2, 0.25) is 0 Å². The topological polar surface area (TPSA) is 29.1 Å². The van der Waals surface area contributed by atoms with E-state index in [0.717, 1.165) is 29.0 Å². The standard InChI is InChI=1S/C14H13F2NOS/c1-3-12-8(2)6-13(19-12)14(18)17-11-5-4-9(15)7-10(11)16/h4-7H,3H2,1-2H3,(H,17,18). The van der Waals surface area contributed by atoms with E-state index < -0.39 is 11.6 Å². The second-order valence-corrected chi connectivity index (χ2v) is 5.29. The van der Waals surface area contributed by atoms with Crippen LogP contribution in [0.25, 0.3) is 0 Å². The first-order valence-electron chi connectivity index (χ1n) is 5.87. The van der Waals surface area contributed by atoms with Crippen molar-refractivity contribution >= 4 is 22.9 Å². The Balaban J connectivity index is 2.20. The first kappa shape index (κ1) is 13.7. The van der Waals surface area contributed by atoms with Gasteiger partial charge in [0.1, 0.15) is 11.6 Å². The predicted octanol–water partition coefficient (Wildman–Crippen LogP) is 4.15. The minimum absolute atomic E-state index is 0.0181. The van der Waals surface area contributed by atoms with Crippen LogP contribution in [0.5, 0.6) is 0 Å². The summed E-state index contributed by atoms with van der Waals surface area (Å²) in [7, 11) is 0. The molecule has 0 fully saturated rings. The molecule has 1 heterocycles. The highest BCUT2D eigenvalue weighted by molar-refractivity contribution is 7.14. The number of anilines is 1. The summed E-state index contributed by atoms with van der Waals surface area (Å²) >= 11 is 1.39. The van der Waals surface area contributed by atoms with E-state index in [-0.39, 0.29) is 11.6 Å². The van der Waals surface area contributed by atoms with Crippen LogP contribution < -0.4 is 5.32 Å². The average molecular weight is 281 g/mol. The molecule has 1 aromatic carbocycles. The van der Waals surface area contributed by atoms with Crippen LogP contribution in [-0.4, -0.2) is 5.91 Å². The van der Waals surface area contributed by atoms with Crippen LogP contribution in [0.15, 0.2) is 24.3 Å². The van der Waals surface area contributed by atoms with Gasteiger partial charge in [-0.05, 0) is 37.1 Å². The molecule has 100 valence electrons. The van der Waals surface area contributed by atoms with Gasteiger partial charge in [-0.25, -0.2) is 8.78 Å². The van der Waals surface area contributed by atoms with Crippen molar-refractivity contribution in [3.63, 3.8) is 0 Å². The van der Waals surface area contributed by atoms with Gasteiger partial charge in [0.25, 0.3) is 5.91 Å². The highest BCUT2D eigenvalue weighted by Gasteiger charge is 2.13. The van der Waals surface area contributed by atoms with Gasteiger partial charge in [-0.2, -0.15) is 0 Å². The number of rotatable bonds is 3. The monoisotopic (exact) mass is 281 g/mol. The molecule has 0 aliphatic carbocycles. The van der Waals surface area contributed by atoms with E-state index in [4.69, 9.17) is 0 Å². The normalized spacial score (nSPS) is 10.5. The van der Waals surface area contributed by atoms with Crippen LogP contribution in [0, 0.1) is 18.6 Å². The van der Waals surface area contributed by atoms with Gasteiger partial charge in [-0.1, -0.05) is 6.92 Å². The molecular formula is C14H13F2NOS. The minimum Gasteiger partial charge on any atom is -0.319 e. The lowest BCUT2D eigenvalue weighted by Crippen LogP contribution is -2.11. The van der Waals surface area contributed by atoms with Crippen molar-refractivity contribution in [3.05, 3.63) is 51.2 Å². The fourth-order valence-corrected chi connectivity index (χ4v) is 2.77. The van der Waals surface area contributed by atoms with Gasteiger partial charge in [0.15, 0.2) is 0 Å². The van der Waals surface area contributed by atoms with E-state index in [1.54, 1.807) is 6.07 Å². The summed E-state index contributed by atoms with van der Waals surface area (Å²) in [5.74, 6) is -1.83. The fraction of sp³-hybridized carbons (Fsp3) is 0.214. The summed E-state index contributed by atoms with van der Waals surface area (Å²) in [6.45, 7) is 3.95. The molecule has 0 aliphatic heterocycles. The first-order valence-corrected chi connectivity index (χ1v) is 6.68. The number of nitrogens with one attached hydrogen (secondary N) is 1. The van der Waals surface area contributed by atoms with E-state index in [9.17, 15) is 13.6 Å². The molecule has 0 aliphatic rings. The van der Waals surface area contributed by atoms with E-state index in [1.807, 2.05) is 13.8 Å². The molecule has 0 saturated carbocycles. The Morgan fingerprint density at radius 2 is 2.05 bits per heavy atom. The summed E-state index contributed by atoms with van der Waals surface area (Å²) < 4.78 is 26.2. The second kappa shape index (κ2) is 5.48. The van der Waals surface area contributed by atoms with Crippen molar-refractivity contribution in [2.75, 3.05) is 5.32 Å². The Kier molecular flexibility index (Phi) is 3.95. The lowest BCUT2D eigenvalue weighted by molar-refractivity contribution is 0.103. The number of carbonyl (C=O) groups excluding carboxylic acids is 1. The van der Waals surface area contributed by atoms with Crippen molar-refractivity contribution in [2.24, 2.45) is 0 Å². The minimum atomic E-state index is -0.780. The van der Waals surface area contributed by atoms with Gasteiger partial charge in [-0.3, -0.25) is 4.79 Å². The number of amides is 1. The highest BCUT2D eigenvalue weighted by Crippen LogP contribution is 2.24. The molecule has 5 heteroatoms. The molecule has 0 bridgehead atoms. The van der Waals surface area contributed by atoms with E-state index in [2.05, 4.69) is 5.32 Å². The number of aryl methyl sites for hydroxylation is 2. The van der Waals surface area contributed by atoms with Gasteiger partial charge in [0, 0.05) is 10.9 Å². The molecule has 1 amide bonds. The van der Waals surface area contributed by atoms with E-state index in [1.165, 1.54) is 17.4 Å². The van der Waals surface area contributed by atoms with Crippen molar-refractivity contribution in [2.45, 2.75) is 20.3 Å². The molecule has 19 heavy (non-hydrogen) atoms. The van der Waals surface area contributed by atoms with Crippen LogP contribution in [-0.2, 0) is 6.42 Å². The zero-order chi connectivity index (χ0) is 14.0. The Labute approximate surface area is 114 Å².